The summed E-state index contributed by atoms with van der Waals surface area (Å²) in [6, 6.07) is 4.17. The maximum atomic E-state index is 11.6. The number of rotatable bonds is 3. The zero-order chi connectivity index (χ0) is 14.4. The van der Waals surface area contributed by atoms with Crippen LogP contribution in [0.25, 0.3) is 0 Å². The van der Waals surface area contributed by atoms with Gasteiger partial charge in [0.15, 0.2) is 9.84 Å². The highest BCUT2D eigenvalue weighted by molar-refractivity contribution is 7.90. The lowest BCUT2D eigenvalue weighted by Gasteiger charge is -2.45. The number of hydrogen-bond donors (Lipinski definition) is 1. The molecule has 0 amide bonds. The number of nitrogens with zero attached hydrogens (tertiary/aromatic N) is 2. The SMILES string of the molecule is CC1(O)CN(c2cccc(S(C)(=O)=O)c2[N+](=O)[O-])C1. The van der Waals surface area contributed by atoms with Gasteiger partial charge < -0.3 is 10.0 Å². The van der Waals surface area contributed by atoms with Crippen molar-refractivity contribution >= 4 is 21.2 Å². The molecule has 0 saturated carbocycles. The van der Waals surface area contributed by atoms with Crippen molar-refractivity contribution in [2.24, 2.45) is 0 Å². The number of hydrogen-bond acceptors (Lipinski definition) is 6. The molecule has 0 aromatic heterocycles. The van der Waals surface area contributed by atoms with Crippen LogP contribution in [0.1, 0.15) is 6.92 Å². The number of nitro benzene ring substituents is 1. The standard InChI is InChI=1S/C11H14N2O5S/c1-11(14)6-12(7-11)8-4-3-5-9(19(2,17)18)10(8)13(15)16/h3-5,14H,6-7H2,1-2H3. The fourth-order valence-corrected chi connectivity index (χ4v) is 3.05. The third-order valence-corrected chi connectivity index (χ3v) is 4.09. The molecule has 8 heteroatoms. The van der Waals surface area contributed by atoms with Crippen molar-refractivity contribution in [3.8, 4) is 0 Å². The highest BCUT2D eigenvalue weighted by Crippen LogP contribution is 2.38. The molecule has 1 heterocycles. The average molecular weight is 286 g/mol. The minimum Gasteiger partial charge on any atom is -0.386 e. The van der Waals surface area contributed by atoms with Crippen LogP contribution >= 0.6 is 0 Å². The maximum absolute atomic E-state index is 11.6. The van der Waals surface area contributed by atoms with E-state index < -0.39 is 26.0 Å². The largest absolute Gasteiger partial charge is 0.386 e. The highest BCUT2D eigenvalue weighted by atomic mass is 32.2. The molecule has 1 aliphatic rings. The molecular formula is C11H14N2O5S. The lowest BCUT2D eigenvalue weighted by molar-refractivity contribution is -0.387. The summed E-state index contributed by atoms with van der Waals surface area (Å²) in [6.07, 6.45) is 0.936. The summed E-state index contributed by atoms with van der Waals surface area (Å²) in [4.78, 5) is 11.7. The summed E-state index contributed by atoms with van der Waals surface area (Å²) in [6.45, 7) is 2.10. The number of nitro groups is 1. The topological polar surface area (TPSA) is 101 Å². The molecule has 104 valence electrons. The van der Waals surface area contributed by atoms with Crippen molar-refractivity contribution in [1.29, 1.82) is 0 Å². The van der Waals surface area contributed by atoms with Gasteiger partial charge in [0.05, 0.1) is 10.5 Å². The molecule has 0 spiro atoms. The number of sulfone groups is 1. The van der Waals surface area contributed by atoms with E-state index in [1.165, 1.54) is 18.2 Å². The molecule has 7 nitrogen and oxygen atoms in total. The summed E-state index contributed by atoms with van der Waals surface area (Å²) < 4.78 is 23.2. The van der Waals surface area contributed by atoms with E-state index in [-0.39, 0.29) is 23.7 Å². The lowest BCUT2D eigenvalue weighted by Crippen LogP contribution is -2.60. The van der Waals surface area contributed by atoms with E-state index in [2.05, 4.69) is 0 Å². The first-order valence-corrected chi connectivity index (χ1v) is 7.46. The molecule has 0 aliphatic carbocycles. The van der Waals surface area contributed by atoms with Crippen LogP contribution in [0.15, 0.2) is 23.1 Å². The van der Waals surface area contributed by atoms with Crippen molar-refractivity contribution < 1.29 is 18.4 Å². The van der Waals surface area contributed by atoms with Crippen molar-refractivity contribution in [3.63, 3.8) is 0 Å². The third-order valence-electron chi connectivity index (χ3n) is 2.96. The van der Waals surface area contributed by atoms with Gasteiger partial charge in [-0.05, 0) is 19.1 Å². The molecular weight excluding hydrogens is 272 g/mol. The van der Waals surface area contributed by atoms with Gasteiger partial charge >= 0.3 is 5.69 Å². The predicted molar refractivity (Wildman–Crippen MR) is 69.0 cm³/mol. The summed E-state index contributed by atoms with van der Waals surface area (Å²) in [5, 5.41) is 20.8. The van der Waals surface area contributed by atoms with E-state index in [1.807, 2.05) is 0 Å². The molecule has 0 atom stereocenters. The summed E-state index contributed by atoms with van der Waals surface area (Å²) in [5.74, 6) is 0. The monoisotopic (exact) mass is 286 g/mol. The Morgan fingerprint density at radius 2 is 2.00 bits per heavy atom. The van der Waals surface area contributed by atoms with Crippen molar-refractivity contribution in [2.75, 3.05) is 24.2 Å². The van der Waals surface area contributed by atoms with Crippen LogP contribution in [0.5, 0.6) is 0 Å². The van der Waals surface area contributed by atoms with Gasteiger partial charge in [-0.25, -0.2) is 8.42 Å². The second-order valence-corrected chi connectivity index (χ2v) is 6.99. The lowest BCUT2D eigenvalue weighted by atomic mass is 9.96. The van der Waals surface area contributed by atoms with E-state index in [1.54, 1.807) is 11.8 Å². The minimum atomic E-state index is -3.68. The van der Waals surface area contributed by atoms with Gasteiger partial charge in [-0.15, -0.1) is 0 Å². The quantitative estimate of drug-likeness (QED) is 0.644. The Labute approximate surface area is 110 Å². The Hall–Kier alpha value is -1.67. The Kier molecular flexibility index (Phi) is 3.02. The van der Waals surface area contributed by atoms with Gasteiger partial charge in [0.1, 0.15) is 10.6 Å². The molecule has 0 bridgehead atoms. The molecule has 19 heavy (non-hydrogen) atoms. The molecule has 1 aliphatic heterocycles. The average Bonchev–Trinajstić information content (AvgIpc) is 2.23. The van der Waals surface area contributed by atoms with Gasteiger partial charge in [-0.2, -0.15) is 0 Å². The summed E-state index contributed by atoms with van der Waals surface area (Å²) in [7, 11) is -3.68. The molecule has 2 rings (SSSR count). The van der Waals surface area contributed by atoms with Crippen molar-refractivity contribution in [1.82, 2.24) is 0 Å². The number of anilines is 1. The molecule has 1 aromatic carbocycles. The van der Waals surface area contributed by atoms with Crippen LogP contribution in [-0.2, 0) is 9.84 Å². The van der Waals surface area contributed by atoms with E-state index in [0.717, 1.165) is 6.26 Å². The molecule has 1 aromatic rings. The van der Waals surface area contributed by atoms with Gasteiger partial charge in [0.25, 0.3) is 0 Å². The van der Waals surface area contributed by atoms with Gasteiger partial charge in [0, 0.05) is 19.3 Å². The normalized spacial score (nSPS) is 17.9. The summed E-state index contributed by atoms with van der Waals surface area (Å²) >= 11 is 0. The number of aliphatic hydroxyl groups is 1. The Morgan fingerprint density at radius 1 is 1.42 bits per heavy atom. The fourth-order valence-electron chi connectivity index (χ4n) is 2.20. The Balaban J connectivity index is 2.54. The maximum Gasteiger partial charge on any atom is 0.311 e. The molecule has 1 saturated heterocycles. The van der Waals surface area contributed by atoms with Gasteiger partial charge in [0.2, 0.25) is 0 Å². The van der Waals surface area contributed by atoms with Crippen LogP contribution < -0.4 is 4.90 Å². The summed E-state index contributed by atoms with van der Waals surface area (Å²) in [5.41, 5.74) is -1.10. The second-order valence-electron chi connectivity index (χ2n) is 5.01. The fraction of sp³-hybridized carbons (Fsp3) is 0.455. The first kappa shape index (κ1) is 13.8. The van der Waals surface area contributed by atoms with Gasteiger partial charge in [-0.3, -0.25) is 10.1 Å². The predicted octanol–water partition coefficient (Wildman–Crippen LogP) is 0.569. The first-order valence-electron chi connectivity index (χ1n) is 5.57. The molecule has 1 fully saturated rings. The van der Waals surface area contributed by atoms with E-state index in [0.29, 0.717) is 0 Å². The first-order chi connectivity index (χ1) is 8.62. The van der Waals surface area contributed by atoms with Gasteiger partial charge in [-0.1, -0.05) is 6.07 Å². The minimum absolute atomic E-state index is 0.222. The van der Waals surface area contributed by atoms with Crippen LogP contribution in [0.2, 0.25) is 0 Å². The van der Waals surface area contributed by atoms with Crippen molar-refractivity contribution in [2.45, 2.75) is 17.4 Å². The highest BCUT2D eigenvalue weighted by Gasteiger charge is 2.40. The Bertz CT molecular complexity index is 630. The van der Waals surface area contributed by atoms with Crippen LogP contribution in [0, 0.1) is 10.1 Å². The molecule has 1 N–H and O–H groups in total. The second kappa shape index (κ2) is 4.17. The molecule has 0 unspecified atom stereocenters. The van der Waals surface area contributed by atoms with E-state index in [4.69, 9.17) is 0 Å². The third kappa shape index (κ3) is 2.54. The zero-order valence-corrected chi connectivity index (χ0v) is 11.3. The molecule has 0 radical (unpaired) electrons. The number of benzene rings is 1. The smallest absolute Gasteiger partial charge is 0.311 e. The number of β-amino-alcohol motifs (C(OH)–C–C–N with tert-alkyl or cyclic N) is 1. The van der Waals surface area contributed by atoms with E-state index >= 15 is 0 Å². The van der Waals surface area contributed by atoms with Crippen LogP contribution in [-0.4, -0.2) is 43.4 Å². The Morgan fingerprint density at radius 3 is 2.42 bits per heavy atom. The van der Waals surface area contributed by atoms with Crippen LogP contribution in [0.4, 0.5) is 11.4 Å². The van der Waals surface area contributed by atoms with E-state index in [9.17, 15) is 23.6 Å². The number of para-hydroxylation sites is 1. The van der Waals surface area contributed by atoms with Crippen molar-refractivity contribution in [3.05, 3.63) is 28.3 Å². The van der Waals surface area contributed by atoms with Crippen LogP contribution in [0.3, 0.4) is 0 Å². The zero-order valence-electron chi connectivity index (χ0n) is 10.5.